The third-order valence-electron chi connectivity index (χ3n) is 3.48. The van der Waals surface area contributed by atoms with E-state index in [1.54, 1.807) is 36.4 Å². The lowest BCUT2D eigenvalue weighted by Gasteiger charge is -2.08. The molecule has 0 fully saturated rings. The molecule has 6 nitrogen and oxygen atoms in total. The van der Waals surface area contributed by atoms with E-state index < -0.39 is 0 Å². The predicted molar refractivity (Wildman–Crippen MR) is 96.7 cm³/mol. The number of hydrogen-bond acceptors (Lipinski definition) is 6. The van der Waals surface area contributed by atoms with Crippen LogP contribution in [0.5, 0.6) is 17.2 Å². The van der Waals surface area contributed by atoms with E-state index in [1.807, 2.05) is 11.4 Å². The van der Waals surface area contributed by atoms with Crippen molar-refractivity contribution in [1.82, 2.24) is 4.98 Å². The predicted octanol–water partition coefficient (Wildman–Crippen LogP) is 3.79. The van der Waals surface area contributed by atoms with E-state index in [0.29, 0.717) is 27.9 Å². The van der Waals surface area contributed by atoms with Crippen LogP contribution in [-0.2, 0) is 0 Å². The number of amides is 1. The summed E-state index contributed by atoms with van der Waals surface area (Å²) in [6.45, 7) is 0. The van der Waals surface area contributed by atoms with Crippen molar-refractivity contribution in [2.45, 2.75) is 0 Å². The van der Waals surface area contributed by atoms with Crippen molar-refractivity contribution in [3.8, 4) is 28.5 Å². The first-order valence-corrected chi connectivity index (χ1v) is 8.26. The maximum absolute atomic E-state index is 12.5. The van der Waals surface area contributed by atoms with Gasteiger partial charge in [0.15, 0.2) is 5.13 Å². The highest BCUT2D eigenvalue weighted by atomic mass is 32.1. The number of hydrogen-bond donors (Lipinski definition) is 2. The maximum atomic E-state index is 12.5. The average molecular weight is 356 g/mol. The van der Waals surface area contributed by atoms with E-state index in [0.717, 1.165) is 5.56 Å². The van der Waals surface area contributed by atoms with Crippen molar-refractivity contribution in [3.05, 3.63) is 53.4 Å². The Kier molecular flexibility index (Phi) is 4.85. The fourth-order valence-electron chi connectivity index (χ4n) is 2.24. The molecular formula is C18H16N2O4S. The number of phenols is 1. The Hall–Kier alpha value is -3.06. The molecule has 0 saturated carbocycles. The molecule has 1 amide bonds. The van der Waals surface area contributed by atoms with Gasteiger partial charge in [-0.15, -0.1) is 11.3 Å². The van der Waals surface area contributed by atoms with Crippen LogP contribution >= 0.6 is 11.3 Å². The maximum Gasteiger partial charge on any atom is 0.257 e. The average Bonchev–Trinajstić information content (AvgIpc) is 3.09. The number of benzene rings is 2. The lowest BCUT2D eigenvalue weighted by molar-refractivity contribution is 0.102. The van der Waals surface area contributed by atoms with Gasteiger partial charge in [0.1, 0.15) is 17.2 Å². The molecule has 2 aromatic carbocycles. The number of aromatic nitrogens is 1. The summed E-state index contributed by atoms with van der Waals surface area (Å²) in [5.74, 6) is 0.918. The second-order valence-corrected chi connectivity index (χ2v) is 6.00. The second kappa shape index (κ2) is 7.23. The van der Waals surface area contributed by atoms with Crippen LogP contribution in [0, 0.1) is 0 Å². The fraction of sp³-hybridized carbons (Fsp3) is 0.111. The van der Waals surface area contributed by atoms with Crippen LogP contribution in [0.4, 0.5) is 5.13 Å². The normalized spacial score (nSPS) is 10.3. The van der Waals surface area contributed by atoms with E-state index >= 15 is 0 Å². The van der Waals surface area contributed by atoms with Gasteiger partial charge in [0.05, 0.1) is 19.9 Å². The summed E-state index contributed by atoms with van der Waals surface area (Å²) >= 11 is 1.31. The van der Waals surface area contributed by atoms with Crippen molar-refractivity contribution in [2.24, 2.45) is 0 Å². The van der Waals surface area contributed by atoms with Crippen molar-refractivity contribution in [2.75, 3.05) is 19.5 Å². The molecule has 0 atom stereocenters. The van der Waals surface area contributed by atoms with Crippen LogP contribution in [0.15, 0.2) is 47.8 Å². The largest absolute Gasteiger partial charge is 0.508 e. The Balaban J connectivity index is 1.80. The molecule has 0 radical (unpaired) electrons. The number of thiazole rings is 1. The number of aromatic hydroxyl groups is 1. The number of methoxy groups -OCH3 is 2. The van der Waals surface area contributed by atoms with Crippen LogP contribution < -0.4 is 14.8 Å². The minimum Gasteiger partial charge on any atom is -0.508 e. The third kappa shape index (κ3) is 3.89. The molecule has 0 unspecified atom stereocenters. The van der Waals surface area contributed by atoms with Gasteiger partial charge in [-0.25, -0.2) is 4.98 Å². The molecule has 25 heavy (non-hydrogen) atoms. The smallest absolute Gasteiger partial charge is 0.257 e. The van der Waals surface area contributed by atoms with Gasteiger partial charge in [0.2, 0.25) is 0 Å². The Labute approximate surface area is 148 Å². The molecule has 0 bridgehead atoms. The summed E-state index contributed by atoms with van der Waals surface area (Å²) in [6, 6.07) is 11.7. The summed E-state index contributed by atoms with van der Waals surface area (Å²) in [7, 11) is 3.05. The zero-order valence-electron chi connectivity index (χ0n) is 13.6. The quantitative estimate of drug-likeness (QED) is 0.727. The van der Waals surface area contributed by atoms with E-state index in [2.05, 4.69) is 10.3 Å². The minimum atomic E-state index is -0.311. The van der Waals surface area contributed by atoms with Gasteiger partial charge in [-0.3, -0.25) is 10.1 Å². The third-order valence-corrected chi connectivity index (χ3v) is 4.24. The molecule has 0 aliphatic rings. The molecule has 1 heterocycles. The zero-order valence-corrected chi connectivity index (χ0v) is 14.5. The molecule has 0 spiro atoms. The molecule has 2 N–H and O–H groups in total. The number of nitrogens with zero attached hydrogens (tertiary/aromatic N) is 1. The number of carbonyl (C=O) groups excluding carboxylic acids is 1. The second-order valence-electron chi connectivity index (χ2n) is 5.14. The highest BCUT2D eigenvalue weighted by molar-refractivity contribution is 7.14. The number of ether oxygens (including phenoxy) is 2. The molecule has 3 rings (SSSR count). The van der Waals surface area contributed by atoms with Crippen LogP contribution in [-0.4, -0.2) is 30.2 Å². The minimum absolute atomic E-state index is 0.166. The van der Waals surface area contributed by atoms with Gasteiger partial charge in [0.25, 0.3) is 5.91 Å². The monoisotopic (exact) mass is 356 g/mol. The first-order valence-electron chi connectivity index (χ1n) is 7.38. The van der Waals surface area contributed by atoms with Crippen molar-refractivity contribution in [1.29, 1.82) is 0 Å². The van der Waals surface area contributed by atoms with E-state index in [-0.39, 0.29) is 11.7 Å². The molecule has 3 aromatic rings. The molecule has 128 valence electrons. The Bertz CT molecular complexity index is 885. The van der Waals surface area contributed by atoms with Crippen LogP contribution in [0.2, 0.25) is 0 Å². The van der Waals surface area contributed by atoms with Crippen LogP contribution in [0.25, 0.3) is 11.3 Å². The lowest BCUT2D eigenvalue weighted by Crippen LogP contribution is -2.12. The zero-order chi connectivity index (χ0) is 17.8. The molecule has 0 aliphatic heterocycles. The van der Waals surface area contributed by atoms with E-state index in [9.17, 15) is 9.90 Å². The Morgan fingerprint density at radius 3 is 2.48 bits per heavy atom. The van der Waals surface area contributed by atoms with Gasteiger partial charge in [0, 0.05) is 22.6 Å². The molecular weight excluding hydrogens is 340 g/mol. The molecule has 1 aromatic heterocycles. The fourth-order valence-corrected chi connectivity index (χ4v) is 2.95. The lowest BCUT2D eigenvalue weighted by atomic mass is 10.2. The standard InChI is InChI=1S/C18H16N2O4S/c1-23-14-7-12(8-15(9-14)24-2)17(22)20-18-19-16(10-25-18)11-4-3-5-13(21)6-11/h3-10,21H,1-2H3,(H,19,20,22). The van der Waals surface area contributed by atoms with Gasteiger partial charge >= 0.3 is 0 Å². The number of anilines is 1. The first-order chi connectivity index (χ1) is 12.1. The number of carbonyl (C=O) groups is 1. The molecule has 0 aliphatic carbocycles. The van der Waals surface area contributed by atoms with Gasteiger partial charge in [-0.2, -0.15) is 0 Å². The number of phenolic OH excluding ortho intramolecular Hbond substituents is 1. The summed E-state index contributed by atoms with van der Waals surface area (Å²) < 4.78 is 10.3. The Morgan fingerprint density at radius 2 is 1.84 bits per heavy atom. The van der Waals surface area contributed by atoms with E-state index in [4.69, 9.17) is 9.47 Å². The highest BCUT2D eigenvalue weighted by Crippen LogP contribution is 2.28. The summed E-state index contributed by atoms with van der Waals surface area (Å²) in [5, 5.41) is 14.6. The summed E-state index contributed by atoms with van der Waals surface area (Å²) in [5.41, 5.74) is 1.87. The molecule has 0 saturated heterocycles. The van der Waals surface area contributed by atoms with Gasteiger partial charge in [-0.1, -0.05) is 12.1 Å². The van der Waals surface area contributed by atoms with Crippen molar-refractivity contribution in [3.63, 3.8) is 0 Å². The number of rotatable bonds is 5. The summed E-state index contributed by atoms with van der Waals surface area (Å²) in [4.78, 5) is 16.8. The Morgan fingerprint density at radius 1 is 1.12 bits per heavy atom. The number of nitrogens with one attached hydrogen (secondary N) is 1. The van der Waals surface area contributed by atoms with Gasteiger partial charge < -0.3 is 14.6 Å². The van der Waals surface area contributed by atoms with E-state index in [1.165, 1.54) is 25.6 Å². The topological polar surface area (TPSA) is 80.7 Å². The molecule has 7 heteroatoms. The van der Waals surface area contributed by atoms with Crippen LogP contribution in [0.1, 0.15) is 10.4 Å². The first kappa shape index (κ1) is 16.8. The highest BCUT2D eigenvalue weighted by Gasteiger charge is 2.13. The van der Waals surface area contributed by atoms with Crippen LogP contribution in [0.3, 0.4) is 0 Å². The SMILES string of the molecule is COc1cc(OC)cc(C(=O)Nc2nc(-c3cccc(O)c3)cs2)c1. The van der Waals surface area contributed by atoms with Gasteiger partial charge in [-0.05, 0) is 24.3 Å². The van der Waals surface area contributed by atoms with Crippen molar-refractivity contribution >= 4 is 22.4 Å². The van der Waals surface area contributed by atoms with Crippen molar-refractivity contribution < 1.29 is 19.4 Å². The summed E-state index contributed by atoms with van der Waals surface area (Å²) in [6.07, 6.45) is 0.